The maximum atomic E-state index is 14.1. The molecule has 47 heavy (non-hydrogen) atoms. The smallest absolute Gasteiger partial charge is 0.408 e. The first-order valence-corrected chi connectivity index (χ1v) is 17.4. The Labute approximate surface area is 274 Å². The highest BCUT2D eigenvalue weighted by molar-refractivity contribution is 7.91. The Kier molecular flexibility index (Phi) is 9.96. The van der Waals surface area contributed by atoms with Crippen LogP contribution in [-0.2, 0) is 38.6 Å². The molecule has 4 amide bonds. The van der Waals surface area contributed by atoms with Crippen molar-refractivity contribution in [3.63, 3.8) is 0 Å². The summed E-state index contributed by atoms with van der Waals surface area (Å²) < 4.78 is 44.2. The topological polar surface area (TPSA) is 187 Å². The van der Waals surface area contributed by atoms with Crippen LogP contribution < -0.4 is 15.4 Å². The second-order valence-electron chi connectivity index (χ2n) is 13.4. The first kappa shape index (κ1) is 34.4. The normalized spacial score (nSPS) is 28.4. The lowest BCUT2D eigenvalue weighted by Gasteiger charge is -2.30. The summed E-state index contributed by atoms with van der Waals surface area (Å²) in [6, 6.07) is 5.95. The second kappa shape index (κ2) is 13.6. The van der Waals surface area contributed by atoms with Crippen LogP contribution >= 0.6 is 0 Å². The van der Waals surface area contributed by atoms with Crippen LogP contribution in [0.2, 0.25) is 0 Å². The van der Waals surface area contributed by atoms with E-state index in [4.69, 9.17) is 14.2 Å². The van der Waals surface area contributed by atoms with Gasteiger partial charge in [-0.1, -0.05) is 30.4 Å². The van der Waals surface area contributed by atoms with Gasteiger partial charge in [-0.05, 0) is 65.0 Å². The lowest BCUT2D eigenvalue weighted by atomic mass is 10.1. The van der Waals surface area contributed by atoms with Crippen LogP contribution in [-0.4, -0.2) is 97.4 Å². The van der Waals surface area contributed by atoms with E-state index in [1.807, 2.05) is 0 Å². The Balaban J connectivity index is 1.42. The van der Waals surface area contributed by atoms with E-state index < -0.39 is 80.3 Å². The van der Waals surface area contributed by atoms with Crippen LogP contribution in [0.15, 0.2) is 42.5 Å². The van der Waals surface area contributed by atoms with Crippen molar-refractivity contribution in [2.75, 3.05) is 19.8 Å². The summed E-state index contributed by atoms with van der Waals surface area (Å²) in [6.07, 6.45) is 3.18. The number of nitrogens with zero attached hydrogens (tertiary/aromatic N) is 1. The molecular weight excluding hydrogens is 632 g/mol. The largest absolute Gasteiger partial charge is 0.457 e. The third-order valence-corrected chi connectivity index (χ3v) is 10.3. The van der Waals surface area contributed by atoms with Crippen molar-refractivity contribution in [2.45, 2.75) is 93.9 Å². The Morgan fingerprint density at radius 1 is 1.09 bits per heavy atom. The van der Waals surface area contributed by atoms with E-state index in [0.29, 0.717) is 19.3 Å². The minimum atomic E-state index is -3.91. The van der Waals surface area contributed by atoms with E-state index in [0.717, 1.165) is 0 Å². The van der Waals surface area contributed by atoms with Crippen LogP contribution in [0.3, 0.4) is 0 Å². The van der Waals surface area contributed by atoms with Crippen LogP contribution in [0, 0.1) is 5.92 Å². The maximum absolute atomic E-state index is 14.1. The van der Waals surface area contributed by atoms with Crippen molar-refractivity contribution in [3.8, 4) is 0 Å². The molecule has 14 nitrogen and oxygen atoms in total. The number of alkyl carbamates (subject to hydrolysis) is 1. The number of rotatable bonds is 6. The number of hydrogen-bond donors (Lipinski definition) is 3. The van der Waals surface area contributed by atoms with Gasteiger partial charge in [0.05, 0.1) is 24.0 Å². The summed E-state index contributed by atoms with van der Waals surface area (Å²) in [5, 5.41) is 4.71. The number of benzene rings is 1. The zero-order chi connectivity index (χ0) is 34.0. The highest BCUT2D eigenvalue weighted by atomic mass is 32.2. The van der Waals surface area contributed by atoms with Crippen molar-refractivity contribution < 1.29 is 46.6 Å². The molecule has 5 unspecified atom stereocenters. The summed E-state index contributed by atoms with van der Waals surface area (Å²) in [5.41, 5.74) is -2.12. The number of carbonyl (C=O) groups excluding carboxylic acids is 5. The van der Waals surface area contributed by atoms with Gasteiger partial charge in [-0.2, -0.15) is 0 Å². The molecule has 2 aliphatic carbocycles. The zero-order valence-electron chi connectivity index (χ0n) is 26.7. The summed E-state index contributed by atoms with van der Waals surface area (Å²) >= 11 is 0. The van der Waals surface area contributed by atoms with Gasteiger partial charge in [0.2, 0.25) is 21.8 Å². The molecule has 1 aromatic rings. The molecule has 2 heterocycles. The van der Waals surface area contributed by atoms with E-state index in [9.17, 15) is 32.4 Å². The van der Waals surface area contributed by atoms with Gasteiger partial charge < -0.3 is 29.7 Å². The molecule has 0 aromatic heterocycles. The van der Waals surface area contributed by atoms with Crippen LogP contribution in [0.25, 0.3) is 0 Å². The number of carbonyl (C=O) groups is 5. The molecule has 4 aliphatic rings. The van der Waals surface area contributed by atoms with Gasteiger partial charge in [-0.15, -0.1) is 0 Å². The number of fused-ring (bicyclic) bond motifs is 2. The van der Waals surface area contributed by atoms with E-state index in [1.165, 1.54) is 4.90 Å². The van der Waals surface area contributed by atoms with Gasteiger partial charge in [0.25, 0.3) is 5.91 Å². The second-order valence-corrected chi connectivity index (χ2v) is 15.4. The zero-order valence-corrected chi connectivity index (χ0v) is 27.5. The number of sulfonamides is 1. The first-order chi connectivity index (χ1) is 22.2. The van der Waals surface area contributed by atoms with E-state index in [1.54, 1.807) is 63.3 Å². The van der Waals surface area contributed by atoms with Crippen molar-refractivity contribution in [3.05, 3.63) is 48.0 Å². The number of hydrogen-bond acceptors (Lipinski definition) is 10. The molecule has 2 saturated carbocycles. The number of amides is 4. The van der Waals surface area contributed by atoms with Crippen molar-refractivity contribution >= 4 is 39.8 Å². The summed E-state index contributed by atoms with van der Waals surface area (Å²) in [5.74, 6) is -3.34. The van der Waals surface area contributed by atoms with E-state index in [-0.39, 0.29) is 44.6 Å². The minimum absolute atomic E-state index is 0.0863. The Morgan fingerprint density at radius 2 is 1.81 bits per heavy atom. The van der Waals surface area contributed by atoms with Crippen LogP contribution in [0.1, 0.15) is 69.7 Å². The summed E-state index contributed by atoms with van der Waals surface area (Å²) in [6.45, 7) is 5.34. The third-order valence-electron chi connectivity index (χ3n) is 8.45. The minimum Gasteiger partial charge on any atom is -0.457 e. The average molecular weight is 675 g/mol. The molecule has 5 rings (SSSR count). The molecule has 0 radical (unpaired) electrons. The molecular formula is C32H42N4O10S. The van der Waals surface area contributed by atoms with Crippen LogP contribution in [0.5, 0.6) is 0 Å². The van der Waals surface area contributed by atoms with Crippen LogP contribution in [0.4, 0.5) is 4.79 Å². The molecule has 0 spiro atoms. The predicted octanol–water partition coefficient (Wildman–Crippen LogP) is 1.56. The highest BCUT2D eigenvalue weighted by Crippen LogP contribution is 2.46. The summed E-state index contributed by atoms with van der Waals surface area (Å²) in [7, 11) is -3.91. The van der Waals surface area contributed by atoms with Gasteiger partial charge in [-0.25, -0.2) is 18.0 Å². The van der Waals surface area contributed by atoms with Crippen molar-refractivity contribution in [1.82, 2.24) is 20.3 Å². The molecule has 0 bridgehead atoms. The number of ether oxygens (including phenoxy) is 3. The Hall–Kier alpha value is -3.98. The van der Waals surface area contributed by atoms with E-state index >= 15 is 0 Å². The average Bonchev–Trinajstić information content (AvgIpc) is 3.92. The quantitative estimate of drug-likeness (QED) is 0.295. The Morgan fingerprint density at radius 3 is 2.49 bits per heavy atom. The van der Waals surface area contributed by atoms with Gasteiger partial charge in [-0.3, -0.25) is 19.1 Å². The fourth-order valence-corrected chi connectivity index (χ4v) is 7.17. The molecule has 3 fully saturated rings. The number of esters is 1. The van der Waals surface area contributed by atoms with Crippen molar-refractivity contribution in [2.24, 2.45) is 5.92 Å². The third kappa shape index (κ3) is 8.49. The molecule has 5 atom stereocenters. The fourth-order valence-electron chi connectivity index (χ4n) is 5.80. The van der Waals surface area contributed by atoms with Gasteiger partial charge in [0, 0.05) is 18.9 Å². The SMILES string of the molecule is CC(C)(C)OC(=O)NC1CCCOCC=CC2CC2(C(=O)NS(=O)(=O)C2CC2)NC(=O)C2CC(OC(=O)c3ccccc3)CN2C1=O. The van der Waals surface area contributed by atoms with Gasteiger partial charge >= 0.3 is 12.1 Å². The Bertz CT molecular complexity index is 1520. The summed E-state index contributed by atoms with van der Waals surface area (Å²) in [4.78, 5) is 68.5. The fraction of sp³-hybridized carbons (Fsp3) is 0.594. The first-order valence-electron chi connectivity index (χ1n) is 15.9. The maximum Gasteiger partial charge on any atom is 0.408 e. The monoisotopic (exact) mass is 674 g/mol. The predicted molar refractivity (Wildman–Crippen MR) is 167 cm³/mol. The lowest BCUT2D eigenvalue weighted by molar-refractivity contribution is -0.141. The standard InChI is InChI=1S/C32H42N4O10S/c1-31(2,3)46-30(41)33-24-12-8-16-44-15-7-11-21-18-32(21,29(40)35-47(42,43)23-13-14-23)34-26(37)25-17-22(19-36(25)27(24)38)45-28(39)20-9-5-4-6-10-20/h4-7,9-11,21-25H,8,12-19H2,1-3H3,(H,33,41)(H,34,37)(H,35,40). The molecule has 2 aliphatic heterocycles. The van der Waals surface area contributed by atoms with E-state index in [2.05, 4.69) is 15.4 Å². The molecule has 3 N–H and O–H groups in total. The molecule has 256 valence electrons. The lowest BCUT2D eigenvalue weighted by Crippen LogP contribution is -2.58. The molecule has 15 heteroatoms. The molecule has 1 aromatic carbocycles. The number of nitrogens with one attached hydrogen (secondary N) is 3. The van der Waals surface area contributed by atoms with Gasteiger partial charge in [0.15, 0.2) is 0 Å². The molecule has 1 saturated heterocycles. The highest BCUT2D eigenvalue weighted by Gasteiger charge is 2.62. The van der Waals surface area contributed by atoms with Crippen molar-refractivity contribution in [1.29, 1.82) is 0 Å². The van der Waals surface area contributed by atoms with Gasteiger partial charge in [0.1, 0.15) is 29.3 Å².